The van der Waals surface area contributed by atoms with E-state index in [4.69, 9.17) is 9.79 Å². The standard InChI is InChI=1S/C10H24NO3P/c1-2-3-4-5-6-7-8-11-9-10-15(12,13)14/h11H,2-10H2,1H3,(H2,12,13,14). The van der Waals surface area contributed by atoms with Crippen LogP contribution in [0.2, 0.25) is 0 Å². The highest BCUT2D eigenvalue weighted by molar-refractivity contribution is 7.51. The third-order valence-corrected chi connectivity index (χ3v) is 3.09. The maximum absolute atomic E-state index is 10.5. The molecule has 5 heteroatoms. The lowest BCUT2D eigenvalue weighted by Crippen LogP contribution is -2.19. The Morgan fingerprint density at radius 2 is 1.60 bits per heavy atom. The number of hydrogen-bond donors (Lipinski definition) is 3. The Morgan fingerprint density at radius 3 is 2.20 bits per heavy atom. The molecule has 0 saturated carbocycles. The monoisotopic (exact) mass is 237 g/mol. The molecule has 4 nitrogen and oxygen atoms in total. The van der Waals surface area contributed by atoms with Gasteiger partial charge < -0.3 is 15.1 Å². The van der Waals surface area contributed by atoms with Gasteiger partial charge >= 0.3 is 7.60 Å². The first-order valence-corrected chi connectivity index (χ1v) is 7.61. The predicted molar refractivity (Wildman–Crippen MR) is 63.2 cm³/mol. The van der Waals surface area contributed by atoms with Crippen molar-refractivity contribution in [3.63, 3.8) is 0 Å². The van der Waals surface area contributed by atoms with E-state index in [9.17, 15) is 4.57 Å². The van der Waals surface area contributed by atoms with Gasteiger partial charge in [0.1, 0.15) is 0 Å². The predicted octanol–water partition coefficient (Wildman–Crippen LogP) is 2.11. The quantitative estimate of drug-likeness (QED) is 0.402. The minimum Gasteiger partial charge on any atom is -0.324 e. The van der Waals surface area contributed by atoms with Gasteiger partial charge in [0.2, 0.25) is 0 Å². The summed E-state index contributed by atoms with van der Waals surface area (Å²) < 4.78 is 10.5. The van der Waals surface area contributed by atoms with Crippen molar-refractivity contribution in [1.82, 2.24) is 5.32 Å². The van der Waals surface area contributed by atoms with E-state index in [0.29, 0.717) is 6.54 Å². The van der Waals surface area contributed by atoms with E-state index in [1.165, 1.54) is 32.1 Å². The SMILES string of the molecule is CCCCCCCCNCCP(=O)(O)O. The lowest BCUT2D eigenvalue weighted by atomic mass is 10.1. The molecule has 0 heterocycles. The highest BCUT2D eigenvalue weighted by Crippen LogP contribution is 2.32. The zero-order valence-corrected chi connectivity index (χ0v) is 10.5. The summed E-state index contributed by atoms with van der Waals surface area (Å²) in [6.45, 7) is 3.48. The molecule has 15 heavy (non-hydrogen) atoms. The van der Waals surface area contributed by atoms with Crippen LogP contribution in [0.5, 0.6) is 0 Å². The van der Waals surface area contributed by atoms with Crippen molar-refractivity contribution in [2.45, 2.75) is 45.4 Å². The maximum atomic E-state index is 10.5. The van der Waals surface area contributed by atoms with Crippen LogP contribution in [0.4, 0.5) is 0 Å². The van der Waals surface area contributed by atoms with Gasteiger partial charge in [-0.15, -0.1) is 0 Å². The molecule has 0 aliphatic heterocycles. The van der Waals surface area contributed by atoms with Crippen molar-refractivity contribution in [3.8, 4) is 0 Å². The number of unbranched alkanes of at least 4 members (excludes halogenated alkanes) is 5. The summed E-state index contributed by atoms with van der Waals surface area (Å²) in [7, 11) is -3.80. The smallest absolute Gasteiger partial charge is 0.324 e. The number of nitrogens with one attached hydrogen (secondary N) is 1. The summed E-state index contributed by atoms with van der Waals surface area (Å²) in [6, 6.07) is 0. The van der Waals surface area contributed by atoms with Crippen molar-refractivity contribution >= 4 is 7.60 Å². The Bertz CT molecular complexity index is 182. The van der Waals surface area contributed by atoms with E-state index in [2.05, 4.69) is 12.2 Å². The molecule has 0 aromatic carbocycles. The molecule has 92 valence electrons. The fraction of sp³-hybridized carbons (Fsp3) is 1.00. The first-order valence-electron chi connectivity index (χ1n) is 5.81. The molecular weight excluding hydrogens is 213 g/mol. The molecule has 3 N–H and O–H groups in total. The van der Waals surface area contributed by atoms with Crippen molar-refractivity contribution in [3.05, 3.63) is 0 Å². The summed E-state index contributed by atoms with van der Waals surface area (Å²) in [6.07, 6.45) is 7.41. The van der Waals surface area contributed by atoms with E-state index >= 15 is 0 Å². The second kappa shape index (κ2) is 9.34. The Hall–Kier alpha value is 0.110. The molecule has 0 amide bonds. The Balaban J connectivity index is 3.02. The average Bonchev–Trinajstić information content (AvgIpc) is 2.14. The second-order valence-corrected chi connectivity index (χ2v) is 5.68. The van der Waals surface area contributed by atoms with Crippen LogP contribution in [-0.4, -0.2) is 29.0 Å². The summed E-state index contributed by atoms with van der Waals surface area (Å²) >= 11 is 0. The van der Waals surface area contributed by atoms with Crippen LogP contribution in [0.15, 0.2) is 0 Å². The highest BCUT2D eigenvalue weighted by Gasteiger charge is 2.10. The first kappa shape index (κ1) is 15.1. The van der Waals surface area contributed by atoms with Crippen molar-refractivity contribution in [2.75, 3.05) is 19.3 Å². The first-order chi connectivity index (χ1) is 7.06. The molecule has 0 radical (unpaired) electrons. The summed E-state index contributed by atoms with van der Waals surface area (Å²) in [4.78, 5) is 17.2. The van der Waals surface area contributed by atoms with Gasteiger partial charge in [0.15, 0.2) is 0 Å². The van der Waals surface area contributed by atoms with Crippen LogP contribution < -0.4 is 5.32 Å². The van der Waals surface area contributed by atoms with Crippen LogP contribution in [0.1, 0.15) is 45.4 Å². The third-order valence-electron chi connectivity index (χ3n) is 2.29. The molecule has 0 aromatic heterocycles. The molecule has 0 atom stereocenters. The molecule has 0 fully saturated rings. The van der Waals surface area contributed by atoms with Crippen LogP contribution in [0, 0.1) is 0 Å². The van der Waals surface area contributed by atoms with Crippen molar-refractivity contribution < 1.29 is 14.4 Å². The zero-order chi connectivity index (χ0) is 11.6. The lowest BCUT2D eigenvalue weighted by Gasteiger charge is -2.05. The van der Waals surface area contributed by atoms with Crippen LogP contribution in [-0.2, 0) is 4.57 Å². The molecule has 0 bridgehead atoms. The number of hydrogen-bond acceptors (Lipinski definition) is 2. The number of rotatable bonds is 10. The van der Waals surface area contributed by atoms with E-state index < -0.39 is 7.60 Å². The molecule has 0 rings (SSSR count). The lowest BCUT2D eigenvalue weighted by molar-refractivity contribution is 0.371. The Kier molecular flexibility index (Phi) is 9.41. The molecule has 0 unspecified atom stereocenters. The van der Waals surface area contributed by atoms with Gasteiger partial charge in [-0.3, -0.25) is 4.57 Å². The van der Waals surface area contributed by atoms with Gasteiger partial charge in [0.05, 0.1) is 6.16 Å². The zero-order valence-electron chi connectivity index (χ0n) is 9.61. The summed E-state index contributed by atoms with van der Waals surface area (Å²) in [5.74, 6) is 0. The second-order valence-electron chi connectivity index (χ2n) is 3.91. The van der Waals surface area contributed by atoms with Gasteiger partial charge in [0, 0.05) is 6.54 Å². The van der Waals surface area contributed by atoms with Gasteiger partial charge in [-0.2, -0.15) is 0 Å². The minimum absolute atomic E-state index is 0.0527. The Morgan fingerprint density at radius 1 is 1.00 bits per heavy atom. The maximum Gasteiger partial charge on any atom is 0.326 e. The van der Waals surface area contributed by atoms with Crippen LogP contribution in [0.3, 0.4) is 0 Å². The van der Waals surface area contributed by atoms with Crippen molar-refractivity contribution in [1.29, 1.82) is 0 Å². The molecule has 0 spiro atoms. The Labute approximate surface area is 92.6 Å². The molecular formula is C10H24NO3P. The minimum atomic E-state index is -3.80. The van der Waals surface area contributed by atoms with Crippen LogP contribution in [0.25, 0.3) is 0 Å². The molecule has 0 aromatic rings. The average molecular weight is 237 g/mol. The largest absolute Gasteiger partial charge is 0.326 e. The van der Waals surface area contributed by atoms with E-state index in [1.807, 2.05) is 0 Å². The van der Waals surface area contributed by atoms with Crippen LogP contribution >= 0.6 is 7.60 Å². The van der Waals surface area contributed by atoms with E-state index in [0.717, 1.165) is 13.0 Å². The van der Waals surface area contributed by atoms with E-state index in [1.54, 1.807) is 0 Å². The van der Waals surface area contributed by atoms with Gasteiger partial charge in [0.25, 0.3) is 0 Å². The van der Waals surface area contributed by atoms with Gasteiger partial charge in [-0.05, 0) is 13.0 Å². The molecule has 0 saturated heterocycles. The van der Waals surface area contributed by atoms with Gasteiger partial charge in [-0.1, -0.05) is 39.0 Å². The van der Waals surface area contributed by atoms with E-state index in [-0.39, 0.29) is 6.16 Å². The topological polar surface area (TPSA) is 69.6 Å². The normalized spacial score (nSPS) is 11.9. The summed E-state index contributed by atoms with van der Waals surface area (Å²) in [5, 5.41) is 3.04. The summed E-state index contributed by atoms with van der Waals surface area (Å²) in [5.41, 5.74) is 0. The molecule has 0 aliphatic rings. The molecule has 0 aliphatic carbocycles. The van der Waals surface area contributed by atoms with Crippen molar-refractivity contribution in [2.24, 2.45) is 0 Å². The fourth-order valence-electron chi connectivity index (χ4n) is 1.38. The fourth-order valence-corrected chi connectivity index (χ4v) is 1.83. The highest BCUT2D eigenvalue weighted by atomic mass is 31.2. The van der Waals surface area contributed by atoms with Gasteiger partial charge in [-0.25, -0.2) is 0 Å². The third kappa shape index (κ3) is 14.1.